The largest absolute Gasteiger partial charge is 0.381 e. The van der Waals surface area contributed by atoms with Crippen LogP contribution in [0.15, 0.2) is 22.3 Å². The van der Waals surface area contributed by atoms with Crippen LogP contribution in [0.2, 0.25) is 0 Å². The molecule has 1 aliphatic heterocycles. The number of nitroso groups, excluding NO2 is 1. The highest BCUT2D eigenvalue weighted by Gasteiger charge is 2.20. The zero-order valence-electron chi connectivity index (χ0n) is 10.7. The maximum Gasteiger partial charge on any atom is 0.291 e. The van der Waals surface area contributed by atoms with Crippen LogP contribution < -0.4 is 11.5 Å². The summed E-state index contributed by atoms with van der Waals surface area (Å²) in [5.41, 5.74) is 10.3. The van der Waals surface area contributed by atoms with Crippen molar-refractivity contribution in [1.82, 2.24) is 10.0 Å². The fraction of sp³-hybridized carbons (Fsp3) is 0.571. The summed E-state index contributed by atoms with van der Waals surface area (Å²) in [6, 6.07) is 0. The molecule has 13 nitrogen and oxygen atoms in total. The van der Waals surface area contributed by atoms with E-state index in [1.807, 2.05) is 0 Å². The van der Waals surface area contributed by atoms with Gasteiger partial charge in [0.2, 0.25) is 0 Å². The van der Waals surface area contributed by atoms with Gasteiger partial charge >= 0.3 is 0 Å². The topological polar surface area (TPSA) is 187 Å². The van der Waals surface area contributed by atoms with Gasteiger partial charge in [0.1, 0.15) is 5.10 Å². The Morgan fingerprint density at radius 2 is 2.14 bits per heavy atom. The van der Waals surface area contributed by atoms with Gasteiger partial charge in [0.05, 0.1) is 18.4 Å². The molecular weight excluding hydrogens is 356 g/mol. The molecule has 0 fully saturated rings. The predicted molar refractivity (Wildman–Crippen MR) is 75.5 cm³/mol. The zero-order valence-corrected chi connectivity index (χ0v) is 12.2. The minimum Gasteiger partial charge on any atom is -0.381 e. The van der Waals surface area contributed by atoms with Crippen LogP contribution in [-0.4, -0.2) is 44.5 Å². The van der Waals surface area contributed by atoms with Gasteiger partial charge < -0.3 is 11.5 Å². The maximum absolute atomic E-state index is 10.0. The van der Waals surface area contributed by atoms with Crippen molar-refractivity contribution in [3.05, 3.63) is 37.0 Å². The van der Waals surface area contributed by atoms with Crippen LogP contribution in [0.3, 0.4) is 0 Å². The molecule has 0 radical (unpaired) electrons. The van der Waals surface area contributed by atoms with E-state index in [0.717, 1.165) is 5.01 Å². The van der Waals surface area contributed by atoms with E-state index >= 15 is 0 Å². The number of alkyl halides is 1. The van der Waals surface area contributed by atoms with Crippen LogP contribution >= 0.6 is 15.9 Å². The van der Waals surface area contributed by atoms with E-state index in [9.17, 15) is 25.1 Å². The minimum absolute atomic E-state index is 0.132. The van der Waals surface area contributed by atoms with Gasteiger partial charge in [-0.2, -0.15) is 5.01 Å². The van der Waals surface area contributed by atoms with E-state index in [1.165, 1.54) is 0 Å². The molecule has 0 saturated carbocycles. The number of rotatable bonds is 5. The summed E-state index contributed by atoms with van der Waals surface area (Å²) >= 11 is 3.00. The second-order valence-corrected chi connectivity index (χ2v) is 4.16. The number of nitrogens with zero attached hydrogens (tertiary/aromatic N) is 6. The highest BCUT2D eigenvalue weighted by molar-refractivity contribution is 9.09. The molecule has 0 aliphatic carbocycles. The molecule has 21 heavy (non-hydrogen) atoms. The molecule has 0 saturated heterocycles. The Hall–Kier alpha value is -2.51. The van der Waals surface area contributed by atoms with E-state index in [4.69, 9.17) is 11.5 Å². The Kier molecular flexibility index (Phi) is 8.28. The van der Waals surface area contributed by atoms with E-state index < -0.39 is 16.0 Å². The number of hydrogen-bond acceptors (Lipinski definition) is 7. The van der Waals surface area contributed by atoms with Crippen molar-refractivity contribution in [3.8, 4) is 0 Å². The lowest BCUT2D eigenvalue weighted by Gasteiger charge is -2.08. The van der Waals surface area contributed by atoms with Crippen LogP contribution in [0.1, 0.15) is 6.42 Å². The Morgan fingerprint density at radius 1 is 1.52 bits per heavy atom. The van der Waals surface area contributed by atoms with E-state index in [-0.39, 0.29) is 12.4 Å². The number of nitrogens with two attached hydrogens (primary N) is 2. The molecule has 0 unspecified atom stereocenters. The third-order valence-electron chi connectivity index (χ3n) is 2.03. The SMILES string of the molecule is N/C(=N/[N+](=O)[O-])N(CCBr)N=O.NC1=CCCN1[N+](=O)[O-]. The van der Waals surface area contributed by atoms with E-state index in [2.05, 4.69) is 26.3 Å². The summed E-state index contributed by atoms with van der Waals surface area (Å²) in [5, 5.41) is 25.5. The average Bonchev–Trinajstić information content (AvgIpc) is 2.82. The molecule has 1 heterocycles. The summed E-state index contributed by atoms with van der Waals surface area (Å²) in [6.45, 7) is 0.533. The van der Waals surface area contributed by atoms with Crippen molar-refractivity contribution < 1.29 is 10.1 Å². The molecule has 0 atom stereocenters. The smallest absolute Gasteiger partial charge is 0.291 e. The first-order valence-corrected chi connectivity index (χ1v) is 6.48. The van der Waals surface area contributed by atoms with Crippen LogP contribution in [0.4, 0.5) is 0 Å². The highest BCUT2D eigenvalue weighted by Crippen LogP contribution is 2.07. The predicted octanol–water partition coefficient (Wildman–Crippen LogP) is -0.445. The molecule has 0 amide bonds. The molecule has 4 N–H and O–H groups in total. The fourth-order valence-electron chi connectivity index (χ4n) is 1.16. The monoisotopic (exact) mass is 368 g/mol. The van der Waals surface area contributed by atoms with E-state index in [0.29, 0.717) is 23.3 Å². The lowest BCUT2D eigenvalue weighted by Crippen LogP contribution is -2.34. The normalized spacial score (nSPS) is 13.9. The molecule has 0 aromatic heterocycles. The van der Waals surface area contributed by atoms with Crippen LogP contribution in [-0.2, 0) is 0 Å². The highest BCUT2D eigenvalue weighted by atomic mass is 79.9. The molecule has 1 rings (SSSR count). The summed E-state index contributed by atoms with van der Waals surface area (Å²) in [6.07, 6.45) is 2.32. The average molecular weight is 369 g/mol. The van der Waals surface area contributed by atoms with Crippen molar-refractivity contribution >= 4 is 21.9 Å². The second kappa shape index (κ2) is 9.40. The summed E-state index contributed by atoms with van der Waals surface area (Å²) in [4.78, 5) is 29.8. The third kappa shape index (κ3) is 7.00. The lowest BCUT2D eigenvalue weighted by atomic mass is 10.5. The Morgan fingerprint density at radius 3 is 2.43 bits per heavy atom. The first kappa shape index (κ1) is 18.5. The third-order valence-corrected chi connectivity index (χ3v) is 2.39. The molecule has 0 bridgehead atoms. The second-order valence-electron chi connectivity index (χ2n) is 3.37. The van der Waals surface area contributed by atoms with Gasteiger partial charge in [0, 0.05) is 5.33 Å². The summed E-state index contributed by atoms with van der Waals surface area (Å²) < 4.78 is 0. The summed E-state index contributed by atoms with van der Waals surface area (Å²) in [7, 11) is 0. The quantitative estimate of drug-likeness (QED) is 0.162. The van der Waals surface area contributed by atoms with Crippen LogP contribution in [0.25, 0.3) is 0 Å². The maximum atomic E-state index is 10.0. The summed E-state index contributed by atoms with van der Waals surface area (Å²) in [5.74, 6) is -0.283. The molecule has 0 aromatic carbocycles. The fourth-order valence-corrected chi connectivity index (χ4v) is 1.49. The minimum atomic E-state index is -0.998. The molecule has 0 aromatic rings. The van der Waals surface area contributed by atoms with Crippen LogP contribution in [0.5, 0.6) is 0 Å². The molecule has 1 aliphatic rings. The van der Waals surface area contributed by atoms with Gasteiger partial charge in [-0.25, -0.2) is 20.2 Å². The van der Waals surface area contributed by atoms with Gasteiger partial charge in [-0.05, 0) is 12.5 Å². The van der Waals surface area contributed by atoms with Gasteiger partial charge in [0.25, 0.3) is 5.96 Å². The van der Waals surface area contributed by atoms with Gasteiger partial charge in [-0.3, -0.25) is 0 Å². The Bertz CT molecular complexity index is 454. The van der Waals surface area contributed by atoms with Crippen molar-refractivity contribution in [2.45, 2.75) is 6.42 Å². The first-order valence-electron chi connectivity index (χ1n) is 5.36. The standard InChI is InChI=1S/C4H7N3O2.C3H6BrN5O3/c5-4-2-1-3-6(4)7(8)9;4-1-2-8(7-10)3(5)6-9(11)12/h2H,1,3,5H2;1-2H2,(H2,5,6). The number of hydrazine groups is 1. The van der Waals surface area contributed by atoms with Crippen molar-refractivity contribution in [2.24, 2.45) is 21.9 Å². The number of halogens is 1. The first-order chi connectivity index (χ1) is 9.83. The van der Waals surface area contributed by atoms with Crippen molar-refractivity contribution in [1.29, 1.82) is 0 Å². The Balaban J connectivity index is 0.000000394. The van der Waals surface area contributed by atoms with Crippen LogP contribution in [0, 0.1) is 25.1 Å². The lowest BCUT2D eigenvalue weighted by molar-refractivity contribution is -0.642. The molecule has 14 heteroatoms. The van der Waals surface area contributed by atoms with Crippen molar-refractivity contribution in [3.63, 3.8) is 0 Å². The number of guanidine groups is 1. The Labute approximate surface area is 126 Å². The van der Waals surface area contributed by atoms with Gasteiger partial charge in [-0.1, -0.05) is 20.9 Å². The van der Waals surface area contributed by atoms with E-state index in [1.54, 1.807) is 6.08 Å². The molecule has 0 spiro atoms. The number of nitro groups is 2. The van der Waals surface area contributed by atoms with Crippen molar-refractivity contribution in [2.75, 3.05) is 18.4 Å². The zero-order chi connectivity index (χ0) is 16.4. The number of hydrazone groups is 1. The van der Waals surface area contributed by atoms with Gasteiger partial charge in [-0.15, -0.1) is 4.91 Å². The van der Waals surface area contributed by atoms with Gasteiger partial charge in [0.15, 0.2) is 15.9 Å². The molecular formula is C7H13BrN8O5. The number of hydrogen-bond donors (Lipinski definition) is 2. The molecule has 118 valence electrons.